The van der Waals surface area contributed by atoms with Crippen molar-refractivity contribution in [3.8, 4) is 5.75 Å². The summed E-state index contributed by atoms with van der Waals surface area (Å²) in [7, 11) is -8.76. The average Bonchev–Trinajstić information content (AvgIpc) is 3.39. The molecule has 2 aliphatic rings. The van der Waals surface area contributed by atoms with E-state index >= 15 is 0 Å². The highest BCUT2D eigenvalue weighted by Crippen LogP contribution is 2.38. The predicted molar refractivity (Wildman–Crippen MR) is 151 cm³/mol. The standard InChI is InChI=1S/C27H20F2N4O8S2/c28-16-3-1-15(2-4-16)13-32-22-8-5-17(29)11-19(22)25(34)24(26(32)35)21-14-42(37,38)23-12-18(6-7-20(23)30-21)31-43(39,40)33-9-10-41-27(33)36/h1-8,11-12,14,30-31,34H,9-10,13H2. The summed E-state index contributed by atoms with van der Waals surface area (Å²) < 4.78 is 88.1. The molecule has 3 heterocycles. The van der Waals surface area contributed by atoms with E-state index < -0.39 is 54.6 Å². The molecule has 0 aliphatic carbocycles. The zero-order valence-electron chi connectivity index (χ0n) is 21.7. The number of rotatable bonds is 6. The average molecular weight is 631 g/mol. The Balaban J connectivity index is 1.43. The molecule has 1 fully saturated rings. The van der Waals surface area contributed by atoms with Crippen molar-refractivity contribution < 1.29 is 40.3 Å². The molecule has 16 heteroatoms. The lowest BCUT2D eigenvalue weighted by Gasteiger charge is -2.23. The number of nitrogens with one attached hydrogen (secondary N) is 2. The molecule has 4 aromatic rings. The Morgan fingerprint density at radius 2 is 1.72 bits per heavy atom. The molecule has 0 atom stereocenters. The molecule has 222 valence electrons. The van der Waals surface area contributed by atoms with Crippen LogP contribution in [0, 0.1) is 11.6 Å². The van der Waals surface area contributed by atoms with Crippen molar-refractivity contribution in [3.63, 3.8) is 0 Å². The minimum absolute atomic E-state index is 0.0516. The quantitative estimate of drug-likeness (QED) is 0.290. The van der Waals surface area contributed by atoms with Crippen molar-refractivity contribution in [3.05, 3.63) is 99.2 Å². The number of sulfone groups is 1. The molecule has 0 bridgehead atoms. The molecule has 0 saturated carbocycles. The summed E-state index contributed by atoms with van der Waals surface area (Å²) in [6, 6.07) is 12.1. The monoisotopic (exact) mass is 630 g/mol. The maximum Gasteiger partial charge on any atom is 0.425 e. The number of nitrogens with zero attached hydrogens (tertiary/aromatic N) is 2. The number of amides is 1. The lowest BCUT2D eigenvalue weighted by Crippen LogP contribution is -2.36. The van der Waals surface area contributed by atoms with Gasteiger partial charge in [0.25, 0.3) is 5.56 Å². The van der Waals surface area contributed by atoms with Gasteiger partial charge in [0, 0.05) is 5.39 Å². The normalized spacial score (nSPS) is 15.9. The van der Waals surface area contributed by atoms with E-state index in [9.17, 15) is 40.3 Å². The van der Waals surface area contributed by atoms with Gasteiger partial charge in [-0.05, 0) is 54.1 Å². The first kappa shape index (κ1) is 28.2. The molecule has 1 saturated heterocycles. The van der Waals surface area contributed by atoms with Crippen LogP contribution in [-0.2, 0) is 31.3 Å². The summed E-state index contributed by atoms with van der Waals surface area (Å²) in [6.45, 7) is -0.461. The van der Waals surface area contributed by atoms with Gasteiger partial charge in [0.2, 0.25) is 9.84 Å². The Kier molecular flexibility index (Phi) is 6.61. The fourth-order valence-electron chi connectivity index (χ4n) is 4.83. The first-order chi connectivity index (χ1) is 20.3. The zero-order chi connectivity index (χ0) is 30.7. The predicted octanol–water partition coefficient (Wildman–Crippen LogP) is 3.34. The molecular weight excluding hydrogens is 610 g/mol. The molecule has 2 aliphatic heterocycles. The van der Waals surface area contributed by atoms with Crippen molar-refractivity contribution in [2.75, 3.05) is 23.2 Å². The highest BCUT2D eigenvalue weighted by Gasteiger charge is 2.34. The summed E-state index contributed by atoms with van der Waals surface area (Å²) in [6.07, 6.45) is -1.08. The van der Waals surface area contributed by atoms with Gasteiger partial charge < -0.3 is 19.7 Å². The molecule has 6 rings (SSSR count). The maximum absolute atomic E-state index is 14.2. The van der Waals surface area contributed by atoms with Crippen molar-refractivity contribution in [2.24, 2.45) is 0 Å². The third-order valence-electron chi connectivity index (χ3n) is 6.81. The van der Waals surface area contributed by atoms with E-state index in [1.165, 1.54) is 47.0 Å². The van der Waals surface area contributed by atoms with Gasteiger partial charge in [-0.25, -0.2) is 22.0 Å². The van der Waals surface area contributed by atoms with Crippen LogP contribution in [0.3, 0.4) is 0 Å². The maximum atomic E-state index is 14.2. The topological polar surface area (TPSA) is 164 Å². The second kappa shape index (κ2) is 10.1. The fraction of sp³-hybridized carbons (Fsp3) is 0.111. The molecule has 0 unspecified atom stereocenters. The lowest BCUT2D eigenvalue weighted by atomic mass is 10.1. The number of benzene rings is 3. The van der Waals surface area contributed by atoms with Gasteiger partial charge in [-0.3, -0.25) is 9.52 Å². The van der Waals surface area contributed by atoms with Gasteiger partial charge in [-0.1, -0.05) is 12.1 Å². The van der Waals surface area contributed by atoms with Crippen LogP contribution >= 0.6 is 0 Å². The first-order valence-electron chi connectivity index (χ1n) is 12.5. The third-order valence-corrected chi connectivity index (χ3v) is 9.72. The Morgan fingerprint density at radius 1 is 1.00 bits per heavy atom. The summed E-state index contributed by atoms with van der Waals surface area (Å²) in [5, 5.41) is 14.5. The van der Waals surface area contributed by atoms with Crippen LogP contribution in [-0.4, -0.2) is 50.1 Å². The second-order valence-electron chi connectivity index (χ2n) is 9.61. The number of anilines is 2. The molecule has 3 aromatic carbocycles. The Morgan fingerprint density at radius 3 is 2.42 bits per heavy atom. The van der Waals surface area contributed by atoms with Crippen LogP contribution in [0.2, 0.25) is 0 Å². The smallest absolute Gasteiger partial charge is 0.425 e. The molecule has 3 N–H and O–H groups in total. The number of hydrogen-bond donors (Lipinski definition) is 3. The zero-order valence-corrected chi connectivity index (χ0v) is 23.4. The number of pyridine rings is 1. The summed E-state index contributed by atoms with van der Waals surface area (Å²) in [4.78, 5) is 25.1. The van der Waals surface area contributed by atoms with Crippen molar-refractivity contribution in [2.45, 2.75) is 11.4 Å². The summed E-state index contributed by atoms with van der Waals surface area (Å²) >= 11 is 0. The number of aromatic nitrogens is 1. The van der Waals surface area contributed by atoms with Crippen molar-refractivity contribution >= 4 is 54.1 Å². The number of hydrogen-bond acceptors (Lipinski definition) is 9. The van der Waals surface area contributed by atoms with E-state index in [2.05, 4.69) is 14.8 Å². The first-order valence-corrected chi connectivity index (χ1v) is 15.5. The van der Waals surface area contributed by atoms with Crippen LogP contribution in [0.1, 0.15) is 11.1 Å². The number of fused-ring (bicyclic) bond motifs is 2. The minimum Gasteiger partial charge on any atom is -0.506 e. The van der Waals surface area contributed by atoms with E-state index in [-0.39, 0.29) is 52.6 Å². The second-order valence-corrected chi connectivity index (χ2v) is 13.0. The highest BCUT2D eigenvalue weighted by atomic mass is 32.2. The van der Waals surface area contributed by atoms with Crippen molar-refractivity contribution in [1.82, 2.24) is 8.87 Å². The van der Waals surface area contributed by atoms with Crippen LogP contribution in [0.4, 0.5) is 25.0 Å². The number of aromatic hydroxyl groups is 1. The molecule has 43 heavy (non-hydrogen) atoms. The summed E-state index contributed by atoms with van der Waals surface area (Å²) in [5.41, 5.74) is -1.17. The molecule has 0 radical (unpaired) electrons. The number of ether oxygens (including phenoxy) is 1. The van der Waals surface area contributed by atoms with Crippen LogP contribution < -0.4 is 15.6 Å². The van der Waals surface area contributed by atoms with Gasteiger partial charge in [-0.15, -0.1) is 0 Å². The number of cyclic esters (lactones) is 1. The van der Waals surface area contributed by atoms with E-state index in [1.807, 2.05) is 0 Å². The Bertz CT molecular complexity index is 2150. The largest absolute Gasteiger partial charge is 0.506 e. The number of carbonyl (C=O) groups is 1. The summed E-state index contributed by atoms with van der Waals surface area (Å²) in [5.74, 6) is -1.89. The van der Waals surface area contributed by atoms with Gasteiger partial charge in [0.1, 0.15) is 29.6 Å². The van der Waals surface area contributed by atoms with E-state index in [0.717, 1.165) is 18.2 Å². The van der Waals surface area contributed by atoms with Gasteiger partial charge >= 0.3 is 16.3 Å². The van der Waals surface area contributed by atoms with E-state index in [1.54, 1.807) is 0 Å². The van der Waals surface area contributed by atoms with Crippen LogP contribution in [0.15, 0.2) is 75.8 Å². The Hall–Kier alpha value is -4.96. The molecule has 0 spiro atoms. The number of halogens is 2. The third kappa shape index (κ3) is 5.03. The van der Waals surface area contributed by atoms with Gasteiger partial charge in [0.05, 0.1) is 46.0 Å². The van der Waals surface area contributed by atoms with E-state index in [0.29, 0.717) is 15.3 Å². The molecule has 1 aromatic heterocycles. The molecule has 12 nitrogen and oxygen atoms in total. The minimum atomic E-state index is -4.40. The van der Waals surface area contributed by atoms with Gasteiger partial charge in [0.15, 0.2) is 0 Å². The van der Waals surface area contributed by atoms with Gasteiger partial charge in [-0.2, -0.15) is 12.7 Å². The number of carbonyl (C=O) groups excluding carboxylic acids is 1. The lowest BCUT2D eigenvalue weighted by molar-refractivity contribution is 0.170. The molecular formula is C27H20F2N4O8S2. The Labute approximate surface area is 242 Å². The van der Waals surface area contributed by atoms with E-state index in [4.69, 9.17) is 0 Å². The van der Waals surface area contributed by atoms with Crippen LogP contribution in [0.5, 0.6) is 5.75 Å². The fourth-order valence-corrected chi connectivity index (χ4v) is 7.26. The van der Waals surface area contributed by atoms with Crippen molar-refractivity contribution in [1.29, 1.82) is 0 Å². The molecule has 1 amide bonds. The SMILES string of the molecule is O=C1OCCN1S(=O)(=O)Nc1ccc2c(c1)S(=O)(=O)C=C(c1c(O)c3cc(F)ccc3n(Cc3ccc(F)cc3)c1=O)N2. The van der Waals surface area contributed by atoms with Crippen LogP contribution in [0.25, 0.3) is 16.6 Å². The highest BCUT2D eigenvalue weighted by molar-refractivity contribution is 7.94.